The van der Waals surface area contributed by atoms with E-state index in [0.717, 1.165) is 19.0 Å². The number of esters is 1. The third-order valence-electron chi connectivity index (χ3n) is 2.19. The molecule has 0 amide bonds. The lowest BCUT2D eigenvalue weighted by molar-refractivity contribution is -0.140. The van der Waals surface area contributed by atoms with E-state index in [2.05, 4.69) is 10.1 Å². The number of nitrogens with one attached hydrogen (secondary N) is 1. The van der Waals surface area contributed by atoms with Crippen LogP contribution < -0.4 is 5.32 Å². The molecule has 1 unspecified atom stereocenters. The van der Waals surface area contributed by atoms with E-state index < -0.39 is 0 Å². The first-order valence-corrected chi connectivity index (χ1v) is 5.83. The van der Waals surface area contributed by atoms with Crippen LogP contribution in [-0.4, -0.2) is 37.7 Å². The largest absolute Gasteiger partial charge is 0.469 e. The summed E-state index contributed by atoms with van der Waals surface area (Å²) in [5.74, 6) is 3.24. The molecule has 1 aliphatic heterocycles. The molecule has 1 aliphatic rings. The minimum atomic E-state index is -0.131. The van der Waals surface area contributed by atoms with Crippen LogP contribution in [0.3, 0.4) is 0 Å². The summed E-state index contributed by atoms with van der Waals surface area (Å²) in [4.78, 5) is 10.7. The summed E-state index contributed by atoms with van der Waals surface area (Å²) >= 11 is 2.02. The number of ether oxygens (including phenoxy) is 1. The molecule has 13 heavy (non-hydrogen) atoms. The summed E-state index contributed by atoms with van der Waals surface area (Å²) in [6.45, 7) is 1.79. The maximum absolute atomic E-state index is 10.7. The van der Waals surface area contributed by atoms with Crippen molar-refractivity contribution in [1.82, 2.24) is 5.32 Å². The molecule has 4 heteroatoms. The molecule has 1 heterocycles. The minimum absolute atomic E-state index is 0.131. The minimum Gasteiger partial charge on any atom is -0.469 e. The first-order valence-electron chi connectivity index (χ1n) is 4.68. The Morgan fingerprint density at radius 3 is 3.15 bits per heavy atom. The molecule has 76 valence electrons. The molecule has 0 aromatic carbocycles. The van der Waals surface area contributed by atoms with E-state index in [1.807, 2.05) is 11.8 Å². The molecular weight excluding hydrogens is 186 g/mol. The quantitative estimate of drug-likeness (QED) is 0.532. The highest BCUT2D eigenvalue weighted by Crippen LogP contribution is 2.22. The van der Waals surface area contributed by atoms with E-state index in [1.165, 1.54) is 25.0 Å². The van der Waals surface area contributed by atoms with Crippen LogP contribution in [0.25, 0.3) is 0 Å². The van der Waals surface area contributed by atoms with Crippen LogP contribution >= 0.6 is 11.8 Å². The van der Waals surface area contributed by atoms with Crippen molar-refractivity contribution in [3.8, 4) is 0 Å². The fourth-order valence-corrected chi connectivity index (χ4v) is 2.63. The maximum Gasteiger partial charge on any atom is 0.306 e. The van der Waals surface area contributed by atoms with Gasteiger partial charge >= 0.3 is 5.97 Å². The average molecular weight is 203 g/mol. The number of thioether (sulfide) groups is 1. The standard InChI is InChI=1S/C9H17NO2S/c1-12-9(11)2-4-10-6-8-3-5-13-7-8/h8,10H,2-7H2,1H3. The van der Waals surface area contributed by atoms with Crippen LogP contribution in [0.1, 0.15) is 12.8 Å². The van der Waals surface area contributed by atoms with Crippen LogP contribution in [-0.2, 0) is 9.53 Å². The molecule has 1 fully saturated rings. The number of methoxy groups -OCH3 is 1. The zero-order valence-corrected chi connectivity index (χ0v) is 8.86. The lowest BCUT2D eigenvalue weighted by Crippen LogP contribution is -2.25. The second-order valence-corrected chi connectivity index (χ2v) is 4.41. The van der Waals surface area contributed by atoms with Crippen LogP contribution in [0.15, 0.2) is 0 Å². The molecule has 0 saturated carbocycles. The molecule has 0 bridgehead atoms. The van der Waals surface area contributed by atoms with Gasteiger partial charge in [0.15, 0.2) is 0 Å². The third kappa shape index (κ3) is 4.52. The van der Waals surface area contributed by atoms with Crippen molar-refractivity contribution >= 4 is 17.7 Å². The topological polar surface area (TPSA) is 38.3 Å². The van der Waals surface area contributed by atoms with E-state index in [9.17, 15) is 4.79 Å². The summed E-state index contributed by atoms with van der Waals surface area (Å²) in [7, 11) is 1.43. The first-order chi connectivity index (χ1) is 6.33. The molecule has 1 rings (SSSR count). The van der Waals surface area contributed by atoms with Gasteiger partial charge in [0.1, 0.15) is 0 Å². The van der Waals surface area contributed by atoms with Crippen molar-refractivity contribution in [3.63, 3.8) is 0 Å². The Labute approximate surface area is 83.6 Å². The predicted molar refractivity (Wildman–Crippen MR) is 54.9 cm³/mol. The van der Waals surface area contributed by atoms with Gasteiger partial charge in [-0.15, -0.1) is 0 Å². The first kappa shape index (κ1) is 10.9. The van der Waals surface area contributed by atoms with Crippen molar-refractivity contribution in [1.29, 1.82) is 0 Å². The molecule has 0 aromatic rings. The van der Waals surface area contributed by atoms with E-state index in [4.69, 9.17) is 0 Å². The van der Waals surface area contributed by atoms with Crippen molar-refractivity contribution in [2.45, 2.75) is 12.8 Å². The number of hydrogen-bond acceptors (Lipinski definition) is 4. The number of hydrogen-bond donors (Lipinski definition) is 1. The van der Waals surface area contributed by atoms with E-state index in [1.54, 1.807) is 0 Å². The Kier molecular flexibility index (Phi) is 5.23. The lowest BCUT2D eigenvalue weighted by Gasteiger charge is -2.08. The smallest absolute Gasteiger partial charge is 0.306 e. The Hall–Kier alpha value is -0.220. The number of carbonyl (C=O) groups is 1. The van der Waals surface area contributed by atoms with Gasteiger partial charge in [-0.2, -0.15) is 11.8 Å². The van der Waals surface area contributed by atoms with Gasteiger partial charge < -0.3 is 10.1 Å². The van der Waals surface area contributed by atoms with Crippen LogP contribution in [0, 0.1) is 5.92 Å². The van der Waals surface area contributed by atoms with E-state index >= 15 is 0 Å². The van der Waals surface area contributed by atoms with Crippen LogP contribution in [0.4, 0.5) is 0 Å². The van der Waals surface area contributed by atoms with Gasteiger partial charge in [-0.3, -0.25) is 4.79 Å². The van der Waals surface area contributed by atoms with Gasteiger partial charge in [-0.05, 0) is 30.4 Å². The van der Waals surface area contributed by atoms with Gasteiger partial charge in [0, 0.05) is 6.54 Å². The highest BCUT2D eigenvalue weighted by atomic mass is 32.2. The number of carbonyl (C=O) groups excluding carboxylic acids is 1. The Balaban J connectivity index is 1.91. The van der Waals surface area contributed by atoms with Crippen LogP contribution in [0.2, 0.25) is 0 Å². The van der Waals surface area contributed by atoms with Crippen LogP contribution in [0.5, 0.6) is 0 Å². The molecule has 1 atom stereocenters. The summed E-state index contributed by atoms with van der Waals surface area (Å²) in [5, 5.41) is 3.28. The molecule has 0 spiro atoms. The SMILES string of the molecule is COC(=O)CCNCC1CCSC1. The van der Waals surface area contributed by atoms with Gasteiger partial charge in [0.2, 0.25) is 0 Å². The Morgan fingerprint density at radius 2 is 2.54 bits per heavy atom. The summed E-state index contributed by atoms with van der Waals surface area (Å²) in [6.07, 6.45) is 1.80. The molecule has 0 aliphatic carbocycles. The Morgan fingerprint density at radius 1 is 1.69 bits per heavy atom. The van der Waals surface area contributed by atoms with Gasteiger partial charge in [-0.25, -0.2) is 0 Å². The summed E-state index contributed by atoms with van der Waals surface area (Å²) in [6, 6.07) is 0. The third-order valence-corrected chi connectivity index (χ3v) is 3.42. The fraction of sp³-hybridized carbons (Fsp3) is 0.889. The molecule has 3 nitrogen and oxygen atoms in total. The van der Waals surface area contributed by atoms with E-state index in [0.29, 0.717) is 6.42 Å². The zero-order valence-electron chi connectivity index (χ0n) is 8.04. The molecule has 1 saturated heterocycles. The normalized spacial score (nSPS) is 21.8. The predicted octanol–water partition coefficient (Wildman–Crippen LogP) is 0.892. The zero-order chi connectivity index (χ0) is 9.52. The van der Waals surface area contributed by atoms with Crippen molar-refractivity contribution in [2.75, 3.05) is 31.7 Å². The maximum atomic E-state index is 10.7. The highest BCUT2D eigenvalue weighted by Gasteiger charge is 2.14. The summed E-state index contributed by atoms with van der Waals surface area (Å²) < 4.78 is 4.54. The van der Waals surface area contributed by atoms with E-state index in [-0.39, 0.29) is 5.97 Å². The van der Waals surface area contributed by atoms with Gasteiger partial charge in [-0.1, -0.05) is 0 Å². The van der Waals surface area contributed by atoms with Crippen molar-refractivity contribution in [2.24, 2.45) is 5.92 Å². The van der Waals surface area contributed by atoms with Gasteiger partial charge in [0.05, 0.1) is 13.5 Å². The number of rotatable bonds is 5. The average Bonchev–Trinajstić information content (AvgIpc) is 2.64. The monoisotopic (exact) mass is 203 g/mol. The highest BCUT2D eigenvalue weighted by molar-refractivity contribution is 7.99. The molecule has 0 radical (unpaired) electrons. The van der Waals surface area contributed by atoms with Crippen molar-refractivity contribution in [3.05, 3.63) is 0 Å². The van der Waals surface area contributed by atoms with Gasteiger partial charge in [0.25, 0.3) is 0 Å². The second-order valence-electron chi connectivity index (χ2n) is 3.26. The Bertz CT molecular complexity index is 158. The molecule has 0 aromatic heterocycles. The summed E-state index contributed by atoms with van der Waals surface area (Å²) in [5.41, 5.74) is 0. The molecular formula is C9H17NO2S. The second kappa shape index (κ2) is 6.27. The molecule has 1 N–H and O–H groups in total. The fourth-order valence-electron chi connectivity index (χ4n) is 1.34. The lowest BCUT2D eigenvalue weighted by atomic mass is 10.1. The van der Waals surface area contributed by atoms with Crippen molar-refractivity contribution < 1.29 is 9.53 Å².